The fourth-order valence-electron chi connectivity index (χ4n) is 0.870. The highest BCUT2D eigenvalue weighted by atomic mass is 32.2. The first-order valence-corrected chi connectivity index (χ1v) is 4.40. The molecule has 1 aliphatic heterocycles. The van der Waals surface area contributed by atoms with Gasteiger partial charge in [-0.2, -0.15) is 0 Å². The van der Waals surface area contributed by atoms with Gasteiger partial charge < -0.3 is 15.6 Å². The van der Waals surface area contributed by atoms with Gasteiger partial charge in [0.15, 0.2) is 0 Å². The molecule has 1 saturated heterocycles. The number of nitrogens with two attached hydrogens (primary N) is 1. The lowest BCUT2D eigenvalue weighted by Crippen LogP contribution is -2.33. The Morgan fingerprint density at radius 1 is 1.78 bits per heavy atom. The molecule has 1 heterocycles. The van der Waals surface area contributed by atoms with Crippen molar-refractivity contribution in [3.05, 3.63) is 0 Å². The molecular weight excluding hydrogens is 138 g/mol. The van der Waals surface area contributed by atoms with Crippen LogP contribution in [0.4, 0.5) is 4.79 Å². The first-order chi connectivity index (χ1) is 4.20. The summed E-state index contributed by atoms with van der Waals surface area (Å²) < 4.78 is 0. The summed E-state index contributed by atoms with van der Waals surface area (Å²) in [5.74, 6) is 1.35. The third-order valence-corrected chi connectivity index (χ3v) is 3.42. The standard InChI is InChI=1S/C5H9NO2S/c6-4-1-2-9(3-4)5(7)8/h4H,1-3,6H2. The molecule has 1 fully saturated rings. The molecule has 0 aromatic carbocycles. The van der Waals surface area contributed by atoms with Crippen molar-refractivity contribution < 1.29 is 9.90 Å². The Morgan fingerprint density at radius 2 is 2.44 bits per heavy atom. The fourth-order valence-corrected chi connectivity index (χ4v) is 2.61. The van der Waals surface area contributed by atoms with Crippen LogP contribution in [0.3, 0.4) is 0 Å². The molecule has 9 heavy (non-hydrogen) atoms. The van der Waals surface area contributed by atoms with Crippen molar-refractivity contribution in [1.82, 2.24) is 0 Å². The van der Waals surface area contributed by atoms with Crippen molar-refractivity contribution >= 4 is 16.2 Å². The summed E-state index contributed by atoms with van der Waals surface area (Å²) in [6, 6.07) is 0.103. The van der Waals surface area contributed by atoms with Crippen LogP contribution in [0.5, 0.6) is 0 Å². The second-order valence-electron chi connectivity index (χ2n) is 2.16. The molecule has 3 nitrogen and oxygen atoms in total. The molecule has 2 N–H and O–H groups in total. The maximum absolute atomic E-state index is 10.2. The van der Waals surface area contributed by atoms with Crippen LogP contribution in [-0.2, 0) is 10.9 Å². The third kappa shape index (κ3) is 1.59. The van der Waals surface area contributed by atoms with E-state index in [9.17, 15) is 9.90 Å². The van der Waals surface area contributed by atoms with Gasteiger partial charge in [0.1, 0.15) is 11.5 Å². The van der Waals surface area contributed by atoms with Crippen LogP contribution in [0.15, 0.2) is 0 Å². The zero-order chi connectivity index (χ0) is 6.85. The first-order valence-electron chi connectivity index (χ1n) is 2.84. The molecule has 0 bridgehead atoms. The summed E-state index contributed by atoms with van der Waals surface area (Å²) in [4.78, 5) is 10.2. The minimum absolute atomic E-state index is 0.103. The maximum atomic E-state index is 10.2. The molecule has 4 heteroatoms. The van der Waals surface area contributed by atoms with Gasteiger partial charge in [0.05, 0.1) is 6.04 Å². The molecule has 52 valence electrons. The van der Waals surface area contributed by atoms with E-state index in [0.717, 1.165) is 12.2 Å². The molecule has 0 saturated carbocycles. The van der Waals surface area contributed by atoms with E-state index in [0.29, 0.717) is 5.75 Å². The molecule has 0 radical (unpaired) electrons. The van der Waals surface area contributed by atoms with E-state index in [1.165, 1.54) is 0 Å². The molecule has 0 amide bonds. The Bertz CT molecular complexity index is 128. The van der Waals surface area contributed by atoms with Gasteiger partial charge in [0, 0.05) is 17.3 Å². The Morgan fingerprint density at radius 3 is 2.67 bits per heavy atom. The van der Waals surface area contributed by atoms with Crippen LogP contribution in [0.2, 0.25) is 0 Å². The van der Waals surface area contributed by atoms with Crippen LogP contribution >= 0.6 is 0 Å². The monoisotopic (exact) mass is 147 g/mol. The SMILES string of the molecule is NC1CC[S+](C(=O)[O-])C1. The number of hydrogen-bond acceptors (Lipinski definition) is 3. The average Bonchev–Trinajstić information content (AvgIpc) is 2.14. The molecule has 2 unspecified atom stereocenters. The second kappa shape index (κ2) is 2.58. The molecule has 0 aliphatic carbocycles. The van der Waals surface area contributed by atoms with E-state index in [1.54, 1.807) is 0 Å². The summed E-state index contributed by atoms with van der Waals surface area (Å²) in [5, 5.41) is 9.28. The van der Waals surface area contributed by atoms with Crippen LogP contribution in [-0.4, -0.2) is 22.8 Å². The molecule has 0 aromatic heterocycles. The quantitative estimate of drug-likeness (QED) is 0.432. The Balaban J connectivity index is 2.39. The average molecular weight is 147 g/mol. The van der Waals surface area contributed by atoms with E-state index >= 15 is 0 Å². The summed E-state index contributed by atoms with van der Waals surface area (Å²) in [6.45, 7) is 0. The van der Waals surface area contributed by atoms with Gasteiger partial charge in [0.25, 0.3) is 5.30 Å². The molecule has 0 spiro atoms. The Labute approximate surface area is 56.6 Å². The second-order valence-corrected chi connectivity index (χ2v) is 4.22. The molecule has 0 aromatic rings. The van der Waals surface area contributed by atoms with Crippen LogP contribution in [0.1, 0.15) is 6.42 Å². The molecule has 2 atom stereocenters. The van der Waals surface area contributed by atoms with Gasteiger partial charge in [0.2, 0.25) is 0 Å². The third-order valence-electron chi connectivity index (χ3n) is 1.39. The van der Waals surface area contributed by atoms with E-state index in [1.807, 2.05) is 0 Å². The fraction of sp³-hybridized carbons (Fsp3) is 0.800. The van der Waals surface area contributed by atoms with Crippen molar-refractivity contribution in [2.75, 3.05) is 11.5 Å². The van der Waals surface area contributed by atoms with Gasteiger partial charge in [-0.3, -0.25) is 0 Å². The van der Waals surface area contributed by atoms with Crippen LogP contribution < -0.4 is 10.8 Å². The molecule has 1 rings (SSSR count). The topological polar surface area (TPSA) is 66.2 Å². The van der Waals surface area contributed by atoms with Crippen molar-refractivity contribution in [3.63, 3.8) is 0 Å². The molecule has 1 aliphatic rings. The lowest BCUT2D eigenvalue weighted by molar-refractivity contribution is -0.233. The van der Waals surface area contributed by atoms with E-state index in [-0.39, 0.29) is 6.04 Å². The number of carbonyl (C=O) groups excluding carboxylic acids is 1. The summed E-state index contributed by atoms with van der Waals surface area (Å²) in [7, 11) is -0.529. The zero-order valence-electron chi connectivity index (χ0n) is 5.00. The number of hydrogen-bond donors (Lipinski definition) is 1. The van der Waals surface area contributed by atoms with Gasteiger partial charge >= 0.3 is 0 Å². The van der Waals surface area contributed by atoms with Crippen molar-refractivity contribution in [1.29, 1.82) is 0 Å². The summed E-state index contributed by atoms with van der Waals surface area (Å²) in [5.41, 5.74) is 5.48. The van der Waals surface area contributed by atoms with E-state index in [2.05, 4.69) is 0 Å². The smallest absolute Gasteiger partial charge is 0.273 e. The molecular formula is C5H9NO2S. The lowest BCUT2D eigenvalue weighted by atomic mass is 10.3. The van der Waals surface area contributed by atoms with Gasteiger partial charge in [-0.25, -0.2) is 0 Å². The lowest BCUT2D eigenvalue weighted by Gasteiger charge is -1.97. The summed E-state index contributed by atoms with van der Waals surface area (Å²) in [6.07, 6.45) is 0.844. The van der Waals surface area contributed by atoms with Crippen molar-refractivity contribution in [2.45, 2.75) is 12.5 Å². The highest BCUT2D eigenvalue weighted by Crippen LogP contribution is 2.11. The highest BCUT2D eigenvalue weighted by Gasteiger charge is 2.31. The predicted octanol–water partition coefficient (Wildman–Crippen LogP) is -1.32. The Hall–Kier alpha value is -0.220. The normalized spacial score (nSPS) is 34.8. The highest BCUT2D eigenvalue weighted by molar-refractivity contribution is 8.10. The largest absolute Gasteiger partial charge is 0.504 e. The zero-order valence-corrected chi connectivity index (χ0v) is 5.82. The van der Waals surface area contributed by atoms with Crippen molar-refractivity contribution in [3.8, 4) is 0 Å². The van der Waals surface area contributed by atoms with E-state index < -0.39 is 16.2 Å². The van der Waals surface area contributed by atoms with Crippen molar-refractivity contribution in [2.24, 2.45) is 5.73 Å². The minimum atomic E-state index is -0.914. The first kappa shape index (κ1) is 6.89. The predicted molar refractivity (Wildman–Crippen MR) is 35.1 cm³/mol. The number of rotatable bonds is 0. The minimum Gasteiger partial charge on any atom is -0.504 e. The van der Waals surface area contributed by atoms with Crippen LogP contribution in [0, 0.1) is 0 Å². The van der Waals surface area contributed by atoms with E-state index in [4.69, 9.17) is 5.73 Å². The van der Waals surface area contributed by atoms with Gasteiger partial charge in [-0.15, -0.1) is 0 Å². The maximum Gasteiger partial charge on any atom is 0.273 e. The Kier molecular flexibility index (Phi) is 1.97. The summed E-state index contributed by atoms with van der Waals surface area (Å²) >= 11 is 0. The van der Waals surface area contributed by atoms with Gasteiger partial charge in [-0.1, -0.05) is 0 Å². The number of carbonyl (C=O) groups is 1. The van der Waals surface area contributed by atoms with Crippen LogP contribution in [0.25, 0.3) is 0 Å². The van der Waals surface area contributed by atoms with Gasteiger partial charge in [-0.05, 0) is 0 Å². The number of carboxylic acid groups (broad SMARTS) is 1.